The number of carbonyl (C=O) groups excluding carboxylic acids is 2. The van der Waals surface area contributed by atoms with Crippen molar-refractivity contribution in [3.8, 4) is 0 Å². The van der Waals surface area contributed by atoms with Crippen LogP contribution in [0.15, 0.2) is 36.5 Å². The Morgan fingerprint density at radius 3 is 1.31 bits per heavy atom. The van der Waals surface area contributed by atoms with Crippen LogP contribution in [0.1, 0.15) is 219 Å². The summed E-state index contributed by atoms with van der Waals surface area (Å²) in [4.78, 5) is 37.0. The third kappa shape index (κ3) is 45.4. The fourth-order valence-electron chi connectivity index (χ4n) is 6.96. The number of allylic oxidation sites excluding steroid dienone is 6. The van der Waals surface area contributed by atoms with E-state index < -0.39 is 24.3 Å². The van der Waals surface area contributed by atoms with E-state index in [4.69, 9.17) is 18.9 Å². The molecule has 2 atom stereocenters. The maximum atomic E-state index is 12.8. The van der Waals surface area contributed by atoms with Crippen molar-refractivity contribution < 1.29 is 42.9 Å². The highest BCUT2D eigenvalue weighted by Gasteiger charge is 2.25. The Hall–Kier alpha value is -2.49. The van der Waals surface area contributed by atoms with Gasteiger partial charge in [-0.3, -0.25) is 9.59 Å². The number of likely N-dealkylation sites (N-methyl/N-ethyl adjacent to an activating group) is 1. The summed E-state index contributed by atoms with van der Waals surface area (Å²) in [5.41, 5.74) is 0. The molecule has 9 heteroatoms. The van der Waals surface area contributed by atoms with Crippen LogP contribution < -0.4 is 0 Å². The Morgan fingerprint density at radius 1 is 0.492 bits per heavy atom. The van der Waals surface area contributed by atoms with Crippen molar-refractivity contribution in [3.63, 3.8) is 0 Å². The molecule has 2 unspecified atom stereocenters. The van der Waals surface area contributed by atoms with Gasteiger partial charge in [0.2, 0.25) is 0 Å². The lowest BCUT2D eigenvalue weighted by atomic mass is 10.0. The van der Waals surface area contributed by atoms with E-state index in [2.05, 4.69) is 50.3 Å². The van der Waals surface area contributed by atoms with Crippen molar-refractivity contribution >= 4 is 17.9 Å². The van der Waals surface area contributed by atoms with E-state index in [1.807, 2.05) is 21.1 Å². The number of hydrogen-bond acceptors (Lipinski definition) is 7. The van der Waals surface area contributed by atoms with Crippen molar-refractivity contribution in [2.45, 2.75) is 232 Å². The molecule has 0 aliphatic rings. The summed E-state index contributed by atoms with van der Waals surface area (Å²) in [5.74, 6) is -2.01. The molecule has 0 aromatic carbocycles. The fourth-order valence-corrected chi connectivity index (χ4v) is 6.96. The average Bonchev–Trinajstić information content (AvgIpc) is 3.22. The summed E-state index contributed by atoms with van der Waals surface area (Å²) in [7, 11) is 5.95. The van der Waals surface area contributed by atoms with E-state index in [9.17, 15) is 19.5 Å². The van der Waals surface area contributed by atoms with Gasteiger partial charge in [0.15, 0.2) is 6.10 Å². The fraction of sp³-hybridized carbons (Fsp3) is 0.827. The minimum absolute atomic E-state index is 0.180. The van der Waals surface area contributed by atoms with Crippen molar-refractivity contribution in [2.75, 3.05) is 47.5 Å². The topological polar surface area (TPSA) is 108 Å². The smallest absolute Gasteiger partial charge is 0.361 e. The van der Waals surface area contributed by atoms with Gasteiger partial charge in [-0.15, -0.1) is 0 Å². The van der Waals surface area contributed by atoms with Gasteiger partial charge in [0.1, 0.15) is 13.2 Å². The molecule has 0 aliphatic carbocycles. The van der Waals surface area contributed by atoms with Gasteiger partial charge in [-0.2, -0.15) is 0 Å². The molecule has 0 aliphatic heterocycles. The highest BCUT2D eigenvalue weighted by atomic mass is 16.7. The third-order valence-electron chi connectivity index (χ3n) is 10.9. The number of hydrogen-bond donors (Lipinski definition) is 1. The molecule has 9 nitrogen and oxygen atoms in total. The van der Waals surface area contributed by atoms with E-state index in [0.717, 1.165) is 51.4 Å². The third-order valence-corrected chi connectivity index (χ3v) is 10.9. The zero-order valence-corrected chi connectivity index (χ0v) is 40.3. The standard InChI is InChI=1S/C52H95NO8/c1-6-8-10-12-14-15-16-17-18-19-20-21-22-23-24-25-26-27-28-29-30-31-32-33-34-35-37-39-41-43-50(55)61-48(46-59-49(54)42-40-38-36-13-11-9-7-2)47-60-52(51(56)57)58-45-44-53(3,4)5/h16-17,19-20,22-23,48,52H,6-15,18,21,24-47H2,1-5H3/p+1/b17-16-,20-19-,23-22-. The molecule has 0 heterocycles. The maximum absolute atomic E-state index is 12.8. The van der Waals surface area contributed by atoms with Gasteiger partial charge < -0.3 is 28.5 Å². The first kappa shape index (κ1) is 58.5. The molecule has 0 bridgehead atoms. The number of rotatable bonds is 46. The number of quaternary nitrogens is 1. The quantitative estimate of drug-likeness (QED) is 0.0212. The van der Waals surface area contributed by atoms with Crippen molar-refractivity contribution in [3.05, 3.63) is 36.5 Å². The van der Waals surface area contributed by atoms with Gasteiger partial charge in [0.05, 0.1) is 34.4 Å². The number of carboxylic acid groups (broad SMARTS) is 1. The highest BCUT2D eigenvalue weighted by molar-refractivity contribution is 5.71. The van der Waals surface area contributed by atoms with Crippen LogP contribution in [0.2, 0.25) is 0 Å². The molecule has 0 radical (unpaired) electrons. The number of unbranched alkanes of at least 4 members (excludes halogenated alkanes) is 25. The lowest BCUT2D eigenvalue weighted by Gasteiger charge is -2.25. The normalized spacial score (nSPS) is 13.1. The number of esters is 2. The summed E-state index contributed by atoms with van der Waals surface area (Å²) in [6.07, 6.45) is 48.1. The molecule has 0 spiro atoms. The van der Waals surface area contributed by atoms with Crippen molar-refractivity contribution in [1.82, 2.24) is 0 Å². The number of carboxylic acids is 1. The zero-order chi connectivity index (χ0) is 44.9. The second-order valence-electron chi connectivity index (χ2n) is 18.1. The van der Waals surface area contributed by atoms with E-state index in [-0.39, 0.29) is 32.2 Å². The van der Waals surface area contributed by atoms with E-state index in [0.29, 0.717) is 17.4 Å². The lowest BCUT2D eigenvalue weighted by Crippen LogP contribution is -2.40. The summed E-state index contributed by atoms with van der Waals surface area (Å²) in [5, 5.41) is 9.62. The van der Waals surface area contributed by atoms with Crippen LogP contribution in [0.3, 0.4) is 0 Å². The molecule has 0 aromatic rings. The van der Waals surface area contributed by atoms with Gasteiger partial charge in [-0.05, 0) is 51.4 Å². The Morgan fingerprint density at radius 2 is 0.885 bits per heavy atom. The van der Waals surface area contributed by atoms with Crippen LogP contribution in [0.5, 0.6) is 0 Å². The monoisotopic (exact) mass is 863 g/mol. The summed E-state index contributed by atoms with van der Waals surface area (Å²) in [6, 6.07) is 0. The van der Waals surface area contributed by atoms with Crippen LogP contribution in [0.25, 0.3) is 0 Å². The number of aliphatic carboxylic acids is 1. The average molecular weight is 863 g/mol. The molecule has 356 valence electrons. The molecular formula is C52H96NO8+. The maximum Gasteiger partial charge on any atom is 0.361 e. The minimum atomic E-state index is -1.50. The Bertz CT molecular complexity index is 1100. The highest BCUT2D eigenvalue weighted by Crippen LogP contribution is 2.15. The largest absolute Gasteiger partial charge is 0.477 e. The lowest BCUT2D eigenvalue weighted by molar-refractivity contribution is -0.870. The van der Waals surface area contributed by atoms with Crippen LogP contribution in [0, 0.1) is 0 Å². The van der Waals surface area contributed by atoms with Gasteiger partial charge in [0, 0.05) is 12.8 Å². The molecule has 0 amide bonds. The van der Waals surface area contributed by atoms with Gasteiger partial charge in [0.25, 0.3) is 6.29 Å². The molecule has 0 aromatic heterocycles. The minimum Gasteiger partial charge on any atom is -0.477 e. The Kier molecular flexibility index (Phi) is 42.3. The van der Waals surface area contributed by atoms with E-state index >= 15 is 0 Å². The summed E-state index contributed by atoms with van der Waals surface area (Å²) >= 11 is 0. The molecule has 0 rings (SSSR count). The number of ether oxygens (including phenoxy) is 4. The van der Waals surface area contributed by atoms with Gasteiger partial charge in [-0.25, -0.2) is 4.79 Å². The van der Waals surface area contributed by atoms with Crippen molar-refractivity contribution in [1.29, 1.82) is 0 Å². The van der Waals surface area contributed by atoms with Gasteiger partial charge in [-0.1, -0.05) is 192 Å². The SMILES string of the molecule is CCCCCCC/C=C\C/C=C\C/C=C\CCCCCCCCCCCCCCCCC(=O)OC(COC(=O)CCCCCCCCC)COC(OCC[N+](C)(C)C)C(=O)O. The predicted molar refractivity (Wildman–Crippen MR) is 254 cm³/mol. The van der Waals surface area contributed by atoms with Gasteiger partial charge >= 0.3 is 17.9 Å². The molecule has 61 heavy (non-hydrogen) atoms. The summed E-state index contributed by atoms with van der Waals surface area (Å²) < 4.78 is 22.7. The first-order valence-electron chi connectivity index (χ1n) is 25.2. The van der Waals surface area contributed by atoms with Crippen molar-refractivity contribution in [2.24, 2.45) is 0 Å². The second kappa shape index (κ2) is 44.1. The predicted octanol–water partition coefficient (Wildman–Crippen LogP) is 13.8. The Labute approximate surface area is 375 Å². The number of carbonyl (C=O) groups is 3. The number of nitrogens with zero attached hydrogens (tertiary/aromatic N) is 1. The zero-order valence-electron chi connectivity index (χ0n) is 40.3. The van der Waals surface area contributed by atoms with E-state index in [1.165, 1.54) is 141 Å². The van der Waals surface area contributed by atoms with E-state index in [1.54, 1.807) is 0 Å². The molecular weight excluding hydrogens is 767 g/mol. The van der Waals surface area contributed by atoms with Crippen LogP contribution in [-0.2, 0) is 33.3 Å². The summed E-state index contributed by atoms with van der Waals surface area (Å²) in [6.45, 7) is 4.82. The van der Waals surface area contributed by atoms with Crippen LogP contribution >= 0.6 is 0 Å². The molecule has 1 N–H and O–H groups in total. The van der Waals surface area contributed by atoms with Crippen LogP contribution in [-0.4, -0.2) is 87.4 Å². The molecule has 0 fully saturated rings. The second-order valence-corrected chi connectivity index (χ2v) is 18.1. The molecule has 0 saturated carbocycles. The first-order valence-corrected chi connectivity index (χ1v) is 25.2. The Balaban J connectivity index is 4.08. The first-order chi connectivity index (χ1) is 29.6. The van der Waals surface area contributed by atoms with Crippen LogP contribution in [0.4, 0.5) is 0 Å². The molecule has 0 saturated heterocycles.